The van der Waals surface area contributed by atoms with Crippen molar-refractivity contribution in [3.8, 4) is 0 Å². The molecule has 0 saturated carbocycles. The predicted octanol–water partition coefficient (Wildman–Crippen LogP) is 1.78. The summed E-state index contributed by atoms with van der Waals surface area (Å²) in [5, 5.41) is 3.34. The van der Waals surface area contributed by atoms with E-state index in [-0.39, 0.29) is 5.92 Å². The van der Waals surface area contributed by atoms with Crippen LogP contribution >= 0.6 is 0 Å². The third-order valence-electron chi connectivity index (χ3n) is 4.03. The summed E-state index contributed by atoms with van der Waals surface area (Å²) in [5.41, 5.74) is 0. The fraction of sp³-hybridized carbons (Fsp3) is 0.923. The van der Waals surface area contributed by atoms with Crippen LogP contribution in [0.15, 0.2) is 0 Å². The second-order valence-corrected chi connectivity index (χ2v) is 5.13. The van der Waals surface area contributed by atoms with Crippen LogP contribution in [0.3, 0.4) is 0 Å². The molecule has 1 N–H and O–H groups in total. The van der Waals surface area contributed by atoms with Gasteiger partial charge in [-0.25, -0.2) is 0 Å². The standard InChI is InChI=1S/C13H24N2O/c1-2-12-7-3-4-9-15(12)13(16)11-6-5-8-14-10-11/h11-12,14H,2-10H2,1H3/t11-,12-/m1/s1. The van der Waals surface area contributed by atoms with Gasteiger partial charge in [-0.2, -0.15) is 0 Å². The summed E-state index contributed by atoms with van der Waals surface area (Å²) in [6.07, 6.45) is 7.06. The molecule has 2 aliphatic rings. The fourth-order valence-electron chi connectivity index (χ4n) is 3.01. The molecule has 0 radical (unpaired) electrons. The first-order valence-corrected chi connectivity index (χ1v) is 6.84. The van der Waals surface area contributed by atoms with Gasteiger partial charge in [0.05, 0.1) is 5.92 Å². The zero-order valence-electron chi connectivity index (χ0n) is 10.4. The topological polar surface area (TPSA) is 32.3 Å². The van der Waals surface area contributed by atoms with E-state index in [2.05, 4.69) is 17.1 Å². The van der Waals surface area contributed by atoms with Crippen molar-refractivity contribution in [1.82, 2.24) is 10.2 Å². The minimum atomic E-state index is 0.251. The fourth-order valence-corrected chi connectivity index (χ4v) is 3.01. The van der Waals surface area contributed by atoms with Gasteiger partial charge >= 0.3 is 0 Å². The first-order chi connectivity index (χ1) is 7.83. The van der Waals surface area contributed by atoms with Crippen molar-refractivity contribution in [3.05, 3.63) is 0 Å². The molecular weight excluding hydrogens is 200 g/mol. The van der Waals surface area contributed by atoms with Gasteiger partial charge in [0.2, 0.25) is 5.91 Å². The molecule has 3 heteroatoms. The van der Waals surface area contributed by atoms with E-state index < -0.39 is 0 Å². The average Bonchev–Trinajstić information content (AvgIpc) is 2.39. The molecule has 0 unspecified atom stereocenters. The summed E-state index contributed by atoms with van der Waals surface area (Å²) in [5.74, 6) is 0.666. The van der Waals surface area contributed by atoms with Gasteiger partial charge in [-0.15, -0.1) is 0 Å². The SMILES string of the molecule is CC[C@@H]1CCCCN1C(=O)[C@@H]1CCCNC1. The van der Waals surface area contributed by atoms with Gasteiger partial charge in [0.15, 0.2) is 0 Å². The summed E-state index contributed by atoms with van der Waals surface area (Å²) in [6, 6.07) is 0.517. The van der Waals surface area contributed by atoms with Gasteiger partial charge in [-0.1, -0.05) is 6.92 Å². The Kier molecular flexibility index (Phi) is 4.22. The number of nitrogens with zero attached hydrogens (tertiary/aromatic N) is 1. The largest absolute Gasteiger partial charge is 0.339 e. The molecule has 2 fully saturated rings. The third-order valence-corrected chi connectivity index (χ3v) is 4.03. The van der Waals surface area contributed by atoms with Crippen LogP contribution in [0.2, 0.25) is 0 Å². The van der Waals surface area contributed by atoms with Crippen molar-refractivity contribution in [2.24, 2.45) is 5.92 Å². The molecule has 2 rings (SSSR count). The van der Waals surface area contributed by atoms with Gasteiger partial charge in [0.25, 0.3) is 0 Å². The molecule has 0 spiro atoms. The van der Waals surface area contributed by atoms with Crippen molar-refractivity contribution in [1.29, 1.82) is 0 Å². The number of hydrogen-bond acceptors (Lipinski definition) is 2. The van der Waals surface area contributed by atoms with Crippen LogP contribution in [0.1, 0.15) is 45.4 Å². The molecule has 0 aliphatic carbocycles. The summed E-state index contributed by atoms with van der Waals surface area (Å²) in [4.78, 5) is 14.6. The number of piperidine rings is 2. The Bertz CT molecular complexity index is 236. The van der Waals surface area contributed by atoms with Gasteiger partial charge in [0, 0.05) is 19.1 Å². The second-order valence-electron chi connectivity index (χ2n) is 5.13. The van der Waals surface area contributed by atoms with E-state index in [1.807, 2.05) is 0 Å². The lowest BCUT2D eigenvalue weighted by atomic mass is 9.93. The minimum Gasteiger partial charge on any atom is -0.339 e. The lowest BCUT2D eigenvalue weighted by Crippen LogP contribution is -2.49. The highest BCUT2D eigenvalue weighted by atomic mass is 16.2. The van der Waals surface area contributed by atoms with E-state index in [4.69, 9.17) is 0 Å². The van der Waals surface area contributed by atoms with Crippen LogP contribution in [-0.2, 0) is 4.79 Å². The Morgan fingerprint density at radius 1 is 1.31 bits per heavy atom. The molecule has 92 valence electrons. The summed E-state index contributed by atoms with van der Waals surface area (Å²) >= 11 is 0. The van der Waals surface area contributed by atoms with Crippen LogP contribution in [0.4, 0.5) is 0 Å². The molecule has 2 aliphatic heterocycles. The number of amides is 1. The first-order valence-electron chi connectivity index (χ1n) is 6.84. The molecule has 0 aromatic carbocycles. The highest BCUT2D eigenvalue weighted by molar-refractivity contribution is 5.79. The Morgan fingerprint density at radius 2 is 2.19 bits per heavy atom. The van der Waals surface area contributed by atoms with Gasteiger partial charge in [0.1, 0.15) is 0 Å². The number of hydrogen-bond donors (Lipinski definition) is 1. The molecule has 2 heterocycles. The molecule has 2 atom stereocenters. The zero-order chi connectivity index (χ0) is 11.4. The maximum atomic E-state index is 12.4. The molecule has 2 saturated heterocycles. The minimum absolute atomic E-state index is 0.251. The van der Waals surface area contributed by atoms with E-state index in [0.29, 0.717) is 11.9 Å². The van der Waals surface area contributed by atoms with Crippen molar-refractivity contribution in [3.63, 3.8) is 0 Å². The van der Waals surface area contributed by atoms with Gasteiger partial charge in [-0.05, 0) is 45.1 Å². The Hall–Kier alpha value is -0.570. The first kappa shape index (κ1) is 11.9. The number of rotatable bonds is 2. The van der Waals surface area contributed by atoms with Crippen molar-refractivity contribution in [2.75, 3.05) is 19.6 Å². The Balaban J connectivity index is 1.95. The number of nitrogens with one attached hydrogen (secondary N) is 1. The smallest absolute Gasteiger partial charge is 0.227 e. The van der Waals surface area contributed by atoms with Gasteiger partial charge < -0.3 is 10.2 Å². The Labute approximate surface area is 98.6 Å². The van der Waals surface area contributed by atoms with Crippen LogP contribution < -0.4 is 5.32 Å². The quantitative estimate of drug-likeness (QED) is 0.775. The number of likely N-dealkylation sites (tertiary alicyclic amines) is 1. The van der Waals surface area contributed by atoms with E-state index in [9.17, 15) is 4.79 Å². The summed E-state index contributed by atoms with van der Waals surface area (Å²) in [6.45, 7) is 5.18. The number of carbonyl (C=O) groups excluding carboxylic acids is 1. The average molecular weight is 224 g/mol. The van der Waals surface area contributed by atoms with E-state index >= 15 is 0 Å². The maximum Gasteiger partial charge on any atom is 0.227 e. The molecule has 3 nitrogen and oxygen atoms in total. The normalized spacial score (nSPS) is 31.4. The summed E-state index contributed by atoms with van der Waals surface area (Å²) in [7, 11) is 0. The Morgan fingerprint density at radius 3 is 2.88 bits per heavy atom. The number of carbonyl (C=O) groups is 1. The highest BCUT2D eigenvalue weighted by Gasteiger charge is 2.31. The van der Waals surface area contributed by atoms with Crippen LogP contribution in [0.5, 0.6) is 0 Å². The molecular formula is C13H24N2O. The lowest BCUT2D eigenvalue weighted by molar-refractivity contribution is -0.139. The van der Waals surface area contributed by atoms with Crippen molar-refractivity contribution >= 4 is 5.91 Å². The molecule has 0 aromatic rings. The molecule has 0 bridgehead atoms. The van der Waals surface area contributed by atoms with Crippen LogP contribution in [0, 0.1) is 5.92 Å². The van der Waals surface area contributed by atoms with E-state index in [0.717, 1.165) is 38.9 Å². The molecule has 16 heavy (non-hydrogen) atoms. The zero-order valence-corrected chi connectivity index (χ0v) is 10.4. The van der Waals surface area contributed by atoms with Crippen LogP contribution in [0.25, 0.3) is 0 Å². The van der Waals surface area contributed by atoms with Crippen molar-refractivity contribution in [2.45, 2.75) is 51.5 Å². The van der Waals surface area contributed by atoms with E-state index in [1.165, 1.54) is 19.3 Å². The van der Waals surface area contributed by atoms with Crippen LogP contribution in [-0.4, -0.2) is 36.5 Å². The molecule has 0 aromatic heterocycles. The molecule has 1 amide bonds. The van der Waals surface area contributed by atoms with E-state index in [1.54, 1.807) is 0 Å². The third kappa shape index (κ3) is 2.57. The van der Waals surface area contributed by atoms with Gasteiger partial charge in [-0.3, -0.25) is 4.79 Å². The second kappa shape index (κ2) is 5.67. The highest BCUT2D eigenvalue weighted by Crippen LogP contribution is 2.23. The lowest BCUT2D eigenvalue weighted by Gasteiger charge is -2.38. The maximum absolute atomic E-state index is 12.4. The van der Waals surface area contributed by atoms with Crippen molar-refractivity contribution < 1.29 is 4.79 Å². The predicted molar refractivity (Wildman–Crippen MR) is 65.2 cm³/mol. The monoisotopic (exact) mass is 224 g/mol. The summed E-state index contributed by atoms with van der Waals surface area (Å²) < 4.78 is 0.